The first-order valence-corrected chi connectivity index (χ1v) is 13.0. The van der Waals surface area contributed by atoms with E-state index in [4.69, 9.17) is 4.43 Å². The summed E-state index contributed by atoms with van der Waals surface area (Å²) in [5, 5.41) is 0.228. The zero-order chi connectivity index (χ0) is 18.6. The summed E-state index contributed by atoms with van der Waals surface area (Å²) in [5.74, 6) is 1.82. The smallest absolute Gasteiger partial charge is 0.192 e. The van der Waals surface area contributed by atoms with Crippen LogP contribution in [0.15, 0.2) is 22.8 Å². The van der Waals surface area contributed by atoms with Crippen LogP contribution < -0.4 is 0 Å². The SMILES string of the molecule is CC(C)=C1CC[C@H]2CCC3=CC(=O)C[C@@H]1[C@H]3[C@@H]2O[Si](C)(C)C(C)(C)C. The highest BCUT2D eigenvalue weighted by atomic mass is 28.4. The Morgan fingerprint density at radius 2 is 1.80 bits per heavy atom. The van der Waals surface area contributed by atoms with E-state index in [1.165, 1.54) is 24.0 Å². The van der Waals surface area contributed by atoms with E-state index in [2.05, 4.69) is 47.7 Å². The van der Waals surface area contributed by atoms with Crippen LogP contribution in [0, 0.1) is 17.8 Å². The molecule has 3 heteroatoms. The average Bonchev–Trinajstić information content (AvgIpc) is 2.57. The summed E-state index contributed by atoms with van der Waals surface area (Å²) < 4.78 is 7.05. The van der Waals surface area contributed by atoms with Crippen molar-refractivity contribution in [2.24, 2.45) is 17.8 Å². The number of hydrogen-bond donors (Lipinski definition) is 0. The van der Waals surface area contributed by atoms with Crippen molar-refractivity contribution in [1.82, 2.24) is 0 Å². The highest BCUT2D eigenvalue weighted by molar-refractivity contribution is 6.74. The van der Waals surface area contributed by atoms with Crippen LogP contribution in [0.4, 0.5) is 0 Å². The monoisotopic (exact) mass is 360 g/mol. The lowest BCUT2D eigenvalue weighted by Gasteiger charge is -2.48. The molecule has 0 saturated heterocycles. The van der Waals surface area contributed by atoms with Crippen molar-refractivity contribution in [3.8, 4) is 0 Å². The van der Waals surface area contributed by atoms with Crippen LogP contribution in [-0.4, -0.2) is 20.2 Å². The van der Waals surface area contributed by atoms with Gasteiger partial charge in [-0.3, -0.25) is 4.79 Å². The van der Waals surface area contributed by atoms with Crippen LogP contribution in [-0.2, 0) is 9.22 Å². The van der Waals surface area contributed by atoms with Gasteiger partial charge in [-0.05, 0) is 75.6 Å². The molecule has 0 radical (unpaired) electrons. The summed E-state index contributed by atoms with van der Waals surface area (Å²) in [4.78, 5) is 12.4. The maximum Gasteiger partial charge on any atom is 0.192 e. The Morgan fingerprint density at radius 3 is 2.40 bits per heavy atom. The molecule has 0 spiro atoms. The first-order valence-electron chi connectivity index (χ1n) is 10.1. The van der Waals surface area contributed by atoms with Gasteiger partial charge in [0.1, 0.15) is 0 Å². The second-order valence-corrected chi connectivity index (χ2v) is 15.0. The fourth-order valence-corrected chi connectivity index (χ4v) is 6.31. The minimum Gasteiger partial charge on any atom is -0.413 e. The average molecular weight is 361 g/mol. The molecule has 2 bridgehead atoms. The van der Waals surface area contributed by atoms with E-state index in [9.17, 15) is 4.79 Å². The van der Waals surface area contributed by atoms with Crippen LogP contribution in [0.2, 0.25) is 18.1 Å². The molecular weight excluding hydrogens is 324 g/mol. The summed E-state index contributed by atoms with van der Waals surface area (Å²) in [6.45, 7) is 16.2. The highest BCUT2D eigenvalue weighted by Gasteiger charge is 2.50. The molecule has 2 saturated carbocycles. The van der Waals surface area contributed by atoms with E-state index in [-0.39, 0.29) is 5.04 Å². The van der Waals surface area contributed by atoms with Crippen molar-refractivity contribution in [2.45, 2.75) is 91.0 Å². The van der Waals surface area contributed by atoms with E-state index < -0.39 is 8.32 Å². The van der Waals surface area contributed by atoms with Crippen LogP contribution in [0.5, 0.6) is 0 Å². The van der Waals surface area contributed by atoms with Gasteiger partial charge in [-0.25, -0.2) is 0 Å². The molecule has 0 heterocycles. The molecule has 0 aromatic heterocycles. The Kier molecular flexibility index (Phi) is 4.96. The minimum atomic E-state index is -1.82. The van der Waals surface area contributed by atoms with Crippen molar-refractivity contribution >= 4 is 14.1 Å². The van der Waals surface area contributed by atoms with Gasteiger partial charge in [0, 0.05) is 12.3 Å². The standard InChI is InChI=1S/C22H36O2Si/c1-14(2)18-11-10-15-8-9-16-12-17(23)13-19(18)20(16)21(15)24-25(6,7)22(3,4)5/h12,15,19-21H,8-11,13H2,1-7H3/t15-,19+,20+,21-/m1/s1. The summed E-state index contributed by atoms with van der Waals surface area (Å²) in [6, 6.07) is 0. The van der Waals surface area contributed by atoms with E-state index in [1.807, 2.05) is 6.08 Å². The summed E-state index contributed by atoms with van der Waals surface area (Å²) in [5.41, 5.74) is 4.37. The van der Waals surface area contributed by atoms with Crippen LogP contribution in [0.3, 0.4) is 0 Å². The van der Waals surface area contributed by atoms with Crippen molar-refractivity contribution in [1.29, 1.82) is 0 Å². The predicted octanol–water partition coefficient (Wildman–Crippen LogP) is 6.05. The molecule has 0 aromatic rings. The lowest BCUT2D eigenvalue weighted by molar-refractivity contribution is -0.116. The number of allylic oxidation sites excluding steroid dienone is 3. The third-order valence-corrected chi connectivity index (χ3v) is 11.8. The Balaban J connectivity index is 2.04. The normalized spacial score (nSPS) is 33.0. The molecule has 4 atom stereocenters. The Labute approximate surface area is 155 Å². The number of ketones is 1. The summed E-state index contributed by atoms with van der Waals surface area (Å²) >= 11 is 0. The Morgan fingerprint density at radius 1 is 1.16 bits per heavy atom. The van der Waals surface area contributed by atoms with Gasteiger partial charge in [0.05, 0.1) is 6.10 Å². The minimum absolute atomic E-state index is 0.228. The molecule has 25 heavy (non-hydrogen) atoms. The van der Waals surface area contributed by atoms with Gasteiger partial charge in [-0.15, -0.1) is 0 Å². The van der Waals surface area contributed by atoms with E-state index in [0.29, 0.717) is 36.1 Å². The zero-order valence-corrected chi connectivity index (χ0v) is 18.2. The molecule has 0 unspecified atom stereocenters. The largest absolute Gasteiger partial charge is 0.413 e. The molecule has 0 aromatic carbocycles. The van der Waals surface area contributed by atoms with E-state index in [1.54, 1.807) is 5.57 Å². The third kappa shape index (κ3) is 3.47. The molecule has 2 nitrogen and oxygen atoms in total. The molecule has 2 fully saturated rings. The van der Waals surface area contributed by atoms with Crippen molar-refractivity contribution < 1.29 is 9.22 Å². The summed E-state index contributed by atoms with van der Waals surface area (Å²) in [7, 11) is -1.82. The van der Waals surface area contributed by atoms with Crippen LogP contribution >= 0.6 is 0 Å². The van der Waals surface area contributed by atoms with Crippen molar-refractivity contribution in [3.05, 3.63) is 22.8 Å². The number of carbonyl (C=O) groups is 1. The molecule has 0 amide bonds. The van der Waals surface area contributed by atoms with Crippen molar-refractivity contribution in [3.63, 3.8) is 0 Å². The summed E-state index contributed by atoms with van der Waals surface area (Å²) in [6.07, 6.45) is 7.67. The predicted molar refractivity (Wildman–Crippen MR) is 107 cm³/mol. The van der Waals surface area contributed by atoms with Gasteiger partial charge in [0.2, 0.25) is 0 Å². The quantitative estimate of drug-likeness (QED) is 0.442. The zero-order valence-electron chi connectivity index (χ0n) is 17.2. The Bertz CT molecular complexity index is 616. The van der Waals surface area contributed by atoms with Crippen molar-refractivity contribution in [2.75, 3.05) is 0 Å². The Hall–Kier alpha value is -0.673. The van der Waals surface area contributed by atoms with Gasteiger partial charge in [0.15, 0.2) is 14.1 Å². The fourth-order valence-electron chi connectivity index (χ4n) is 4.93. The number of hydrogen-bond acceptors (Lipinski definition) is 2. The molecule has 140 valence electrons. The van der Waals surface area contributed by atoms with E-state index in [0.717, 1.165) is 12.8 Å². The molecule has 0 aliphatic heterocycles. The first kappa shape index (κ1) is 19.1. The molecule has 0 N–H and O–H groups in total. The lowest BCUT2D eigenvalue weighted by Crippen LogP contribution is -2.51. The molecule has 3 rings (SSSR count). The maximum absolute atomic E-state index is 12.4. The van der Waals surface area contributed by atoms with E-state index >= 15 is 0 Å². The number of fused-ring (bicyclic) bond motifs is 1. The van der Waals surface area contributed by atoms with Gasteiger partial charge < -0.3 is 4.43 Å². The molecule has 3 aliphatic carbocycles. The molecular formula is C22H36O2Si. The number of rotatable bonds is 2. The maximum atomic E-state index is 12.4. The third-order valence-electron chi connectivity index (χ3n) is 7.36. The van der Waals surface area contributed by atoms with Gasteiger partial charge in [-0.2, -0.15) is 0 Å². The first-order chi connectivity index (χ1) is 11.5. The second kappa shape index (κ2) is 6.49. The second-order valence-electron chi connectivity index (χ2n) is 10.2. The van der Waals surface area contributed by atoms with Gasteiger partial charge >= 0.3 is 0 Å². The van der Waals surface area contributed by atoms with Gasteiger partial charge in [0.25, 0.3) is 0 Å². The lowest BCUT2D eigenvalue weighted by atomic mass is 9.66. The van der Waals surface area contributed by atoms with Crippen LogP contribution in [0.25, 0.3) is 0 Å². The molecule has 3 aliphatic rings. The van der Waals surface area contributed by atoms with Crippen LogP contribution in [0.1, 0.15) is 66.7 Å². The van der Waals surface area contributed by atoms with Gasteiger partial charge in [-0.1, -0.05) is 37.5 Å². The number of carbonyl (C=O) groups excluding carboxylic acids is 1. The fraction of sp³-hybridized carbons (Fsp3) is 0.773. The topological polar surface area (TPSA) is 26.3 Å². The highest BCUT2D eigenvalue weighted by Crippen LogP contribution is 2.53.